The van der Waals surface area contributed by atoms with Gasteiger partial charge in [-0.3, -0.25) is 4.79 Å². The van der Waals surface area contributed by atoms with Gasteiger partial charge in [0.2, 0.25) is 5.91 Å². The number of hydrogen-bond acceptors (Lipinski definition) is 4. The van der Waals surface area contributed by atoms with Crippen molar-refractivity contribution in [1.29, 1.82) is 0 Å². The van der Waals surface area contributed by atoms with Crippen LogP contribution in [-0.4, -0.2) is 40.7 Å². The van der Waals surface area contributed by atoms with Gasteiger partial charge in [0.15, 0.2) is 5.65 Å². The highest BCUT2D eigenvalue weighted by Gasteiger charge is 2.12. The van der Waals surface area contributed by atoms with E-state index in [2.05, 4.69) is 31.2 Å². The minimum absolute atomic E-state index is 0.0356. The third-order valence-electron chi connectivity index (χ3n) is 2.94. The summed E-state index contributed by atoms with van der Waals surface area (Å²) in [6.07, 6.45) is 2.05. The fraction of sp³-hybridized carbons (Fsp3) is 0.462. The molecule has 6 nitrogen and oxygen atoms in total. The average Bonchev–Trinajstić information content (AvgIpc) is 2.82. The molecule has 21 heavy (non-hydrogen) atoms. The van der Waals surface area contributed by atoms with Gasteiger partial charge in [0.1, 0.15) is 11.3 Å². The summed E-state index contributed by atoms with van der Waals surface area (Å²) in [7, 11) is 1.60. The number of carbonyl (C=O) groups is 1. The molecule has 0 atom stereocenters. The molecule has 0 aliphatic carbocycles. The zero-order valence-electron chi connectivity index (χ0n) is 11.6. The molecule has 0 radical (unpaired) electrons. The Morgan fingerprint density at radius 3 is 3.10 bits per heavy atom. The van der Waals surface area contributed by atoms with Crippen molar-refractivity contribution < 1.29 is 9.53 Å². The van der Waals surface area contributed by atoms with Crippen molar-refractivity contribution in [1.82, 2.24) is 19.9 Å². The maximum absolute atomic E-state index is 11.7. The smallest absolute Gasteiger partial charge is 0.221 e. The summed E-state index contributed by atoms with van der Waals surface area (Å²) in [6, 6.07) is 1.88. The van der Waals surface area contributed by atoms with Gasteiger partial charge in [0.25, 0.3) is 0 Å². The lowest BCUT2D eigenvalue weighted by Crippen LogP contribution is -2.27. The average molecular weight is 376 g/mol. The van der Waals surface area contributed by atoms with Crippen LogP contribution in [0.15, 0.2) is 16.7 Å². The molecule has 2 rings (SSSR count). The molecule has 8 heteroatoms. The van der Waals surface area contributed by atoms with Gasteiger partial charge in [0, 0.05) is 37.3 Å². The quantitative estimate of drug-likeness (QED) is 0.594. The van der Waals surface area contributed by atoms with Gasteiger partial charge in [-0.2, -0.15) is 0 Å². The first-order valence-electron chi connectivity index (χ1n) is 6.48. The molecule has 0 saturated heterocycles. The largest absolute Gasteiger partial charge is 0.383 e. The van der Waals surface area contributed by atoms with Gasteiger partial charge >= 0.3 is 0 Å². The van der Waals surface area contributed by atoms with Crippen LogP contribution in [0.25, 0.3) is 11.2 Å². The Bertz CT molecular complexity index is 632. The highest BCUT2D eigenvalue weighted by atomic mass is 79.9. The Morgan fingerprint density at radius 1 is 1.57 bits per heavy atom. The van der Waals surface area contributed by atoms with E-state index < -0.39 is 0 Å². The van der Waals surface area contributed by atoms with Crippen molar-refractivity contribution in [2.24, 2.45) is 0 Å². The van der Waals surface area contributed by atoms with Crippen molar-refractivity contribution in [3.05, 3.63) is 22.6 Å². The summed E-state index contributed by atoms with van der Waals surface area (Å²) in [5.74, 6) is 0.952. The first-order valence-corrected chi connectivity index (χ1v) is 7.80. The molecule has 2 aromatic rings. The lowest BCUT2D eigenvalue weighted by atomic mass is 10.3. The Balaban J connectivity index is 2.08. The number of imidazole rings is 1. The molecule has 0 fully saturated rings. The van der Waals surface area contributed by atoms with E-state index in [0.29, 0.717) is 31.9 Å². The molecule has 1 N–H and O–H groups in total. The van der Waals surface area contributed by atoms with E-state index in [1.807, 2.05) is 10.6 Å². The summed E-state index contributed by atoms with van der Waals surface area (Å²) in [4.78, 5) is 20.5. The van der Waals surface area contributed by atoms with Crippen molar-refractivity contribution in [2.45, 2.75) is 18.8 Å². The van der Waals surface area contributed by atoms with Crippen molar-refractivity contribution >= 4 is 44.6 Å². The van der Waals surface area contributed by atoms with Gasteiger partial charge in [-0.05, 0) is 22.0 Å². The van der Waals surface area contributed by atoms with Crippen molar-refractivity contribution in [3.63, 3.8) is 0 Å². The van der Waals surface area contributed by atoms with Crippen LogP contribution >= 0.6 is 27.5 Å². The van der Waals surface area contributed by atoms with Crippen LogP contribution in [0.5, 0.6) is 0 Å². The number of nitrogens with zero attached hydrogens (tertiary/aromatic N) is 3. The third-order valence-corrected chi connectivity index (χ3v) is 3.61. The lowest BCUT2D eigenvalue weighted by Gasteiger charge is -2.08. The minimum Gasteiger partial charge on any atom is -0.383 e. The molecule has 0 saturated carbocycles. The molecule has 0 aromatic carbocycles. The van der Waals surface area contributed by atoms with E-state index in [1.54, 1.807) is 13.3 Å². The number of pyridine rings is 1. The van der Waals surface area contributed by atoms with E-state index in [1.165, 1.54) is 0 Å². The van der Waals surface area contributed by atoms with Gasteiger partial charge in [0.05, 0.1) is 12.5 Å². The fourth-order valence-electron chi connectivity index (χ4n) is 1.96. The number of rotatable bonds is 7. The number of ether oxygens (including phenoxy) is 1. The lowest BCUT2D eigenvalue weighted by molar-refractivity contribution is -0.121. The van der Waals surface area contributed by atoms with Crippen molar-refractivity contribution in [3.8, 4) is 0 Å². The summed E-state index contributed by atoms with van der Waals surface area (Å²) < 4.78 is 7.63. The predicted molar refractivity (Wildman–Crippen MR) is 84.3 cm³/mol. The maximum Gasteiger partial charge on any atom is 0.221 e. The predicted octanol–water partition coefficient (Wildman–Crippen LogP) is 2.09. The summed E-state index contributed by atoms with van der Waals surface area (Å²) in [5.41, 5.74) is 1.50. The van der Waals surface area contributed by atoms with Crippen molar-refractivity contribution in [2.75, 3.05) is 20.3 Å². The Labute approximate surface area is 136 Å². The highest BCUT2D eigenvalue weighted by Crippen LogP contribution is 2.19. The number of amides is 1. The molecular formula is C13H16BrClN4O2. The second-order valence-corrected chi connectivity index (χ2v) is 5.59. The van der Waals surface area contributed by atoms with Gasteiger partial charge in [-0.15, -0.1) is 11.6 Å². The van der Waals surface area contributed by atoms with Gasteiger partial charge in [-0.1, -0.05) is 0 Å². The van der Waals surface area contributed by atoms with Crippen LogP contribution in [0.1, 0.15) is 12.2 Å². The molecule has 114 valence electrons. The number of alkyl halides is 1. The summed E-state index contributed by atoms with van der Waals surface area (Å²) in [6.45, 7) is 1.50. The number of carbonyl (C=O) groups excluding carboxylic acids is 1. The van der Waals surface area contributed by atoms with E-state index in [0.717, 1.165) is 15.6 Å². The Hall–Kier alpha value is -1.18. The fourth-order valence-corrected chi connectivity index (χ4v) is 2.49. The number of methoxy groups -OCH3 is 1. The van der Waals surface area contributed by atoms with Crippen LogP contribution in [0.3, 0.4) is 0 Å². The van der Waals surface area contributed by atoms with Crippen LogP contribution in [0, 0.1) is 0 Å². The number of hydrogen-bond donors (Lipinski definition) is 1. The van der Waals surface area contributed by atoms with E-state index in [9.17, 15) is 4.79 Å². The minimum atomic E-state index is -0.0356. The first-order chi connectivity index (χ1) is 10.2. The zero-order chi connectivity index (χ0) is 15.2. The standard InChI is InChI=1S/C13H16BrClN4O2/c1-21-5-3-16-12(20)2-4-19-11(7-15)18-10-6-9(14)8-17-13(10)19/h6,8H,2-5,7H2,1H3,(H,16,20). The molecule has 2 aromatic heterocycles. The molecule has 1 amide bonds. The summed E-state index contributed by atoms with van der Waals surface area (Å²) in [5, 5.41) is 2.78. The van der Waals surface area contributed by atoms with Crippen LogP contribution in [0.2, 0.25) is 0 Å². The molecule has 0 aliphatic rings. The molecule has 0 spiro atoms. The highest BCUT2D eigenvalue weighted by molar-refractivity contribution is 9.10. The topological polar surface area (TPSA) is 69.0 Å². The van der Waals surface area contributed by atoms with E-state index >= 15 is 0 Å². The normalized spacial score (nSPS) is 11.0. The number of halogens is 2. The zero-order valence-corrected chi connectivity index (χ0v) is 13.9. The monoisotopic (exact) mass is 374 g/mol. The first kappa shape index (κ1) is 16.2. The number of aromatic nitrogens is 3. The van der Waals surface area contributed by atoms with Gasteiger partial charge in [-0.25, -0.2) is 9.97 Å². The second kappa shape index (κ2) is 7.72. The molecule has 0 bridgehead atoms. The van der Waals surface area contributed by atoms with Crippen LogP contribution in [-0.2, 0) is 22.0 Å². The maximum atomic E-state index is 11.7. The van der Waals surface area contributed by atoms with E-state index in [-0.39, 0.29) is 11.8 Å². The second-order valence-electron chi connectivity index (χ2n) is 4.40. The Kier molecular flexibility index (Phi) is 5.96. The van der Waals surface area contributed by atoms with E-state index in [4.69, 9.17) is 16.3 Å². The number of nitrogens with one attached hydrogen (secondary N) is 1. The number of fused-ring (bicyclic) bond motifs is 1. The molecule has 0 unspecified atom stereocenters. The summed E-state index contributed by atoms with van der Waals surface area (Å²) >= 11 is 9.29. The molecule has 0 aliphatic heterocycles. The SMILES string of the molecule is COCCNC(=O)CCn1c(CCl)nc2cc(Br)cnc21. The Morgan fingerprint density at radius 2 is 2.38 bits per heavy atom. The van der Waals surface area contributed by atoms with Crippen LogP contribution in [0.4, 0.5) is 0 Å². The molecular weight excluding hydrogens is 360 g/mol. The third kappa shape index (κ3) is 4.15. The van der Waals surface area contributed by atoms with Gasteiger partial charge < -0.3 is 14.6 Å². The molecule has 2 heterocycles. The number of aryl methyl sites for hydroxylation is 1. The van der Waals surface area contributed by atoms with Crippen LogP contribution < -0.4 is 5.32 Å².